The Bertz CT molecular complexity index is 101. The summed E-state index contributed by atoms with van der Waals surface area (Å²) in [4.78, 5) is 8.80. The van der Waals surface area contributed by atoms with Gasteiger partial charge in [-0.25, -0.2) is 0 Å². The van der Waals surface area contributed by atoms with Crippen molar-refractivity contribution in [2.24, 2.45) is 0 Å². The average Bonchev–Trinajstić information content (AvgIpc) is 1.90. The normalized spacial score (nSPS) is 14.9. The molecule has 0 saturated carbocycles. The highest BCUT2D eigenvalue weighted by Gasteiger charge is 2.05. The zero-order valence-electron chi connectivity index (χ0n) is 6.27. The number of hydrogen-bond acceptors (Lipinski definition) is 4. The lowest BCUT2D eigenvalue weighted by molar-refractivity contribution is 0.318. The number of hydrogen-bond donors (Lipinski definition) is 2. The second kappa shape index (κ2) is 7.98. The van der Waals surface area contributed by atoms with Gasteiger partial charge in [0, 0.05) is 13.7 Å². The van der Waals surface area contributed by atoms with Gasteiger partial charge in [-0.05, 0) is 25.0 Å². The second-order valence-electron chi connectivity index (χ2n) is 1.15. The fourth-order valence-corrected chi connectivity index (χ4v) is 0.671. The van der Waals surface area contributed by atoms with Gasteiger partial charge in [0.25, 0.3) is 0 Å². The maximum Gasteiger partial charge on any atom is 0.244 e. The fourth-order valence-electron chi connectivity index (χ4n) is 0.0745. The average molecular weight is 204 g/mol. The third kappa shape index (κ3) is 11.6. The summed E-state index contributed by atoms with van der Waals surface area (Å²) in [5.74, 6) is 0. The summed E-state index contributed by atoms with van der Waals surface area (Å²) in [7, 11) is 1.41. The molecule has 0 aliphatic carbocycles. The number of aliphatic hydroxyl groups excluding tert-OH is 1. The van der Waals surface area contributed by atoms with Crippen LogP contribution in [0.2, 0.25) is 0 Å². The largest absolute Gasteiger partial charge is 0.397 e. The maximum atomic E-state index is 8.80. The summed E-state index contributed by atoms with van der Waals surface area (Å²) in [6, 6.07) is 0. The van der Waals surface area contributed by atoms with Crippen LogP contribution in [0.5, 0.6) is 0 Å². The quantitative estimate of drug-likeness (QED) is 0.662. The molecule has 0 spiro atoms. The molecule has 0 saturated heterocycles. The van der Waals surface area contributed by atoms with E-state index in [4.69, 9.17) is 10.00 Å². The van der Waals surface area contributed by atoms with E-state index in [1.54, 1.807) is 13.2 Å². The van der Waals surface area contributed by atoms with Gasteiger partial charge >= 0.3 is 0 Å². The molecule has 1 atom stereocenters. The van der Waals surface area contributed by atoms with E-state index >= 15 is 0 Å². The van der Waals surface area contributed by atoms with Crippen LogP contribution in [0.15, 0.2) is 0 Å². The van der Waals surface area contributed by atoms with Gasteiger partial charge in [0.1, 0.15) is 0 Å². The lowest BCUT2D eigenvalue weighted by atomic mass is 10.9. The Morgan fingerprint density at radius 2 is 2.00 bits per heavy atom. The Morgan fingerprint density at radius 3 is 2.00 bits per heavy atom. The zero-order chi connectivity index (χ0) is 8.62. The molecule has 3 nitrogen and oxygen atoms in total. The van der Waals surface area contributed by atoms with Crippen LogP contribution < -0.4 is 0 Å². The van der Waals surface area contributed by atoms with E-state index in [0.717, 1.165) is 0 Å². The number of aliphatic hydroxyl groups is 1. The first-order valence-electron chi connectivity index (χ1n) is 2.59. The predicted octanol–water partition coefficient (Wildman–Crippen LogP) is 1.21. The van der Waals surface area contributed by atoms with Crippen LogP contribution in [0.3, 0.4) is 0 Å². The second-order valence-corrected chi connectivity index (χ2v) is 7.58. The molecular formula is C4H13O3PS2. The van der Waals surface area contributed by atoms with Gasteiger partial charge in [0.05, 0.1) is 0 Å². The van der Waals surface area contributed by atoms with Crippen molar-refractivity contribution in [3.05, 3.63) is 0 Å². The summed E-state index contributed by atoms with van der Waals surface area (Å²) < 4.78 is 4.53. The van der Waals surface area contributed by atoms with Gasteiger partial charge in [-0.3, -0.25) is 0 Å². The minimum absolute atomic E-state index is 0.250. The standard InChI is InChI=1S/C2H7O2PS2.C2H6O/c1-4-5(3,6)7-2;1-2-3/h1-2H3,(H,3,6);3H,2H2,1H3. The lowest BCUT2D eigenvalue weighted by Crippen LogP contribution is -1.72. The summed E-state index contributed by atoms with van der Waals surface area (Å²) in [5.41, 5.74) is -2.40. The molecule has 0 aliphatic rings. The molecular weight excluding hydrogens is 191 g/mol. The molecule has 6 heteroatoms. The van der Waals surface area contributed by atoms with Gasteiger partial charge in [-0.2, -0.15) is 0 Å². The molecule has 0 heterocycles. The molecule has 0 bridgehead atoms. The monoisotopic (exact) mass is 204 g/mol. The molecule has 2 N–H and O–H groups in total. The molecule has 0 radical (unpaired) electrons. The third-order valence-corrected chi connectivity index (χ3v) is 5.00. The summed E-state index contributed by atoms with van der Waals surface area (Å²) in [6.45, 7) is 1.93. The van der Waals surface area contributed by atoms with Crippen molar-refractivity contribution in [1.29, 1.82) is 0 Å². The highest BCUT2D eigenvalue weighted by Crippen LogP contribution is 2.53. The molecule has 64 valence electrons. The van der Waals surface area contributed by atoms with Crippen LogP contribution in [-0.4, -0.2) is 30.0 Å². The predicted molar refractivity (Wildman–Crippen MR) is 49.8 cm³/mol. The van der Waals surface area contributed by atoms with E-state index in [0.29, 0.717) is 0 Å². The zero-order valence-corrected chi connectivity index (χ0v) is 8.80. The highest BCUT2D eigenvalue weighted by atomic mass is 32.9. The van der Waals surface area contributed by atoms with Crippen molar-refractivity contribution in [3.8, 4) is 0 Å². The van der Waals surface area contributed by atoms with E-state index in [1.807, 2.05) is 0 Å². The van der Waals surface area contributed by atoms with E-state index in [9.17, 15) is 0 Å². The number of rotatable bonds is 2. The molecule has 10 heavy (non-hydrogen) atoms. The van der Waals surface area contributed by atoms with Crippen LogP contribution in [0.4, 0.5) is 0 Å². The molecule has 0 fully saturated rings. The Kier molecular flexibility index (Phi) is 10.7. The van der Waals surface area contributed by atoms with Crippen LogP contribution in [0, 0.1) is 0 Å². The molecule has 1 unspecified atom stereocenters. The smallest absolute Gasteiger partial charge is 0.244 e. The van der Waals surface area contributed by atoms with Gasteiger partial charge in [0.2, 0.25) is 5.69 Å². The summed E-state index contributed by atoms with van der Waals surface area (Å²) in [6.07, 6.45) is 1.73. The van der Waals surface area contributed by atoms with Crippen LogP contribution in [-0.2, 0) is 16.3 Å². The van der Waals surface area contributed by atoms with Crippen LogP contribution in [0.1, 0.15) is 6.92 Å². The van der Waals surface area contributed by atoms with Crippen LogP contribution in [0.25, 0.3) is 0 Å². The first-order valence-corrected chi connectivity index (χ1v) is 7.09. The molecule has 0 aromatic carbocycles. The van der Waals surface area contributed by atoms with E-state index in [-0.39, 0.29) is 6.61 Å². The molecule has 0 rings (SSSR count). The lowest BCUT2D eigenvalue weighted by Gasteiger charge is -2.05. The fraction of sp³-hybridized carbons (Fsp3) is 1.00. The van der Waals surface area contributed by atoms with Gasteiger partial charge < -0.3 is 14.5 Å². The SMILES string of the molecule is CCO.COP(O)(=S)SC. The minimum Gasteiger partial charge on any atom is -0.397 e. The highest BCUT2D eigenvalue weighted by molar-refractivity contribution is 8.67. The van der Waals surface area contributed by atoms with Gasteiger partial charge in [-0.15, -0.1) is 0 Å². The Balaban J connectivity index is 0. The Morgan fingerprint density at radius 1 is 1.70 bits per heavy atom. The van der Waals surface area contributed by atoms with Gasteiger partial charge in [0.15, 0.2) is 0 Å². The van der Waals surface area contributed by atoms with E-state index in [2.05, 4.69) is 16.3 Å². The summed E-state index contributed by atoms with van der Waals surface area (Å²) in [5, 5.41) is 7.57. The minimum atomic E-state index is -2.40. The molecule has 0 aromatic rings. The van der Waals surface area contributed by atoms with Crippen LogP contribution >= 0.6 is 17.1 Å². The van der Waals surface area contributed by atoms with Gasteiger partial charge in [-0.1, -0.05) is 11.4 Å². The van der Waals surface area contributed by atoms with E-state index in [1.165, 1.54) is 18.5 Å². The van der Waals surface area contributed by atoms with Crippen molar-refractivity contribution in [2.75, 3.05) is 20.0 Å². The maximum absolute atomic E-state index is 8.80. The Labute approximate surface area is 70.7 Å². The Hall–Kier alpha value is 0.880. The third-order valence-electron chi connectivity index (χ3n) is 0.461. The van der Waals surface area contributed by atoms with Crippen molar-refractivity contribution in [1.82, 2.24) is 0 Å². The van der Waals surface area contributed by atoms with Crippen molar-refractivity contribution in [3.63, 3.8) is 0 Å². The first-order chi connectivity index (χ1) is 4.54. The first kappa shape index (κ1) is 13.5. The molecule has 0 aliphatic heterocycles. The molecule has 0 amide bonds. The van der Waals surface area contributed by atoms with Crippen molar-refractivity contribution < 1.29 is 14.5 Å². The van der Waals surface area contributed by atoms with E-state index < -0.39 is 5.69 Å². The van der Waals surface area contributed by atoms with Crippen molar-refractivity contribution >= 4 is 28.9 Å². The van der Waals surface area contributed by atoms with Crippen molar-refractivity contribution in [2.45, 2.75) is 6.92 Å². The summed E-state index contributed by atoms with van der Waals surface area (Å²) >= 11 is 5.74. The molecule has 0 aromatic heterocycles. The topological polar surface area (TPSA) is 49.7 Å².